The number of rotatable bonds is 6. The van der Waals surface area contributed by atoms with Crippen molar-refractivity contribution in [3.05, 3.63) is 82.2 Å². The molecule has 0 spiro atoms. The van der Waals surface area contributed by atoms with Crippen LogP contribution >= 0.6 is 11.6 Å². The number of para-hydroxylation sites is 1. The minimum Gasteiger partial charge on any atom is -0.493 e. The zero-order valence-electron chi connectivity index (χ0n) is 17.7. The van der Waals surface area contributed by atoms with Crippen LogP contribution in [0.1, 0.15) is 5.89 Å². The normalized spacial score (nSPS) is 11.1. The molecule has 0 radical (unpaired) electrons. The van der Waals surface area contributed by atoms with E-state index >= 15 is 0 Å². The van der Waals surface area contributed by atoms with Crippen LogP contribution in [0.25, 0.3) is 28.2 Å². The fourth-order valence-electron chi connectivity index (χ4n) is 3.55. The number of benzene rings is 2. The largest absolute Gasteiger partial charge is 0.493 e. The van der Waals surface area contributed by atoms with Crippen molar-refractivity contribution >= 4 is 17.1 Å². The summed E-state index contributed by atoms with van der Waals surface area (Å²) in [5.74, 6) is 1.67. The first kappa shape index (κ1) is 20.8. The fourth-order valence-corrected chi connectivity index (χ4v) is 3.68. The molecular formula is C23H18ClN5O4. The van der Waals surface area contributed by atoms with E-state index in [1.54, 1.807) is 61.5 Å². The van der Waals surface area contributed by atoms with Crippen molar-refractivity contribution < 1.29 is 14.0 Å². The van der Waals surface area contributed by atoms with Gasteiger partial charge in [0, 0.05) is 23.0 Å². The van der Waals surface area contributed by atoms with Crippen LogP contribution in [0.2, 0.25) is 5.02 Å². The second-order valence-electron chi connectivity index (χ2n) is 7.15. The molecule has 3 heterocycles. The van der Waals surface area contributed by atoms with E-state index in [0.29, 0.717) is 39.1 Å². The zero-order valence-corrected chi connectivity index (χ0v) is 18.5. The highest BCUT2D eigenvalue weighted by molar-refractivity contribution is 6.30. The molecule has 3 aromatic heterocycles. The van der Waals surface area contributed by atoms with Gasteiger partial charge in [-0.05, 0) is 30.3 Å². The first-order chi connectivity index (χ1) is 16.1. The van der Waals surface area contributed by atoms with Gasteiger partial charge in [0.1, 0.15) is 12.1 Å². The summed E-state index contributed by atoms with van der Waals surface area (Å²) >= 11 is 5.96. The first-order valence-corrected chi connectivity index (χ1v) is 10.3. The Morgan fingerprint density at radius 2 is 1.88 bits per heavy atom. The number of fused-ring (bicyclic) bond motifs is 1. The van der Waals surface area contributed by atoms with Gasteiger partial charge in [0.2, 0.25) is 11.7 Å². The molecular weight excluding hydrogens is 446 g/mol. The third kappa shape index (κ3) is 3.83. The molecule has 5 aromatic rings. The molecule has 0 aliphatic rings. The van der Waals surface area contributed by atoms with Gasteiger partial charge in [-0.1, -0.05) is 35.0 Å². The number of hydrogen-bond acceptors (Lipinski definition) is 7. The molecule has 0 aliphatic heterocycles. The molecule has 0 bridgehead atoms. The van der Waals surface area contributed by atoms with Crippen LogP contribution in [0.3, 0.4) is 0 Å². The molecule has 166 valence electrons. The van der Waals surface area contributed by atoms with Crippen LogP contribution < -0.4 is 15.0 Å². The van der Waals surface area contributed by atoms with Crippen LogP contribution in [0.5, 0.6) is 11.5 Å². The maximum Gasteiger partial charge on any atom is 0.277 e. The molecule has 0 atom stereocenters. The average molecular weight is 464 g/mol. The SMILES string of the molecule is COc1cccc(-c2noc(Cn3ccn4nc(-c5ccc(Cl)cc5)cc4c3=O)n2)c1OC. The third-order valence-corrected chi connectivity index (χ3v) is 5.41. The predicted molar refractivity (Wildman–Crippen MR) is 122 cm³/mol. The summed E-state index contributed by atoms with van der Waals surface area (Å²) in [4.78, 5) is 17.5. The van der Waals surface area contributed by atoms with Crippen molar-refractivity contribution in [3.63, 3.8) is 0 Å². The van der Waals surface area contributed by atoms with Crippen molar-refractivity contribution in [1.82, 2.24) is 24.3 Å². The van der Waals surface area contributed by atoms with E-state index in [9.17, 15) is 4.79 Å². The molecule has 2 aromatic carbocycles. The Labute approximate surface area is 192 Å². The third-order valence-electron chi connectivity index (χ3n) is 5.16. The van der Waals surface area contributed by atoms with Crippen molar-refractivity contribution in [2.45, 2.75) is 6.54 Å². The first-order valence-electron chi connectivity index (χ1n) is 9.96. The summed E-state index contributed by atoms with van der Waals surface area (Å²) in [5.41, 5.74) is 2.35. The second kappa shape index (κ2) is 8.44. The van der Waals surface area contributed by atoms with E-state index < -0.39 is 0 Å². The van der Waals surface area contributed by atoms with Crippen LogP contribution in [0.4, 0.5) is 0 Å². The molecule has 10 heteroatoms. The number of halogens is 1. The lowest BCUT2D eigenvalue weighted by Crippen LogP contribution is -2.21. The van der Waals surface area contributed by atoms with Gasteiger partial charge in [-0.2, -0.15) is 10.1 Å². The lowest BCUT2D eigenvalue weighted by atomic mass is 10.1. The maximum atomic E-state index is 13.0. The summed E-state index contributed by atoms with van der Waals surface area (Å²) in [6, 6.07) is 14.4. The van der Waals surface area contributed by atoms with Gasteiger partial charge >= 0.3 is 0 Å². The number of methoxy groups -OCH3 is 2. The molecule has 33 heavy (non-hydrogen) atoms. The highest BCUT2D eigenvalue weighted by atomic mass is 35.5. The number of aromatic nitrogens is 5. The van der Waals surface area contributed by atoms with Gasteiger partial charge in [0.05, 0.1) is 25.5 Å². The topological polar surface area (TPSA) is 96.7 Å². The Hall–Kier alpha value is -4.11. The lowest BCUT2D eigenvalue weighted by Gasteiger charge is -2.09. The quantitative estimate of drug-likeness (QED) is 0.376. The van der Waals surface area contributed by atoms with Crippen LogP contribution in [-0.4, -0.2) is 38.5 Å². The van der Waals surface area contributed by atoms with Crippen molar-refractivity contribution in [3.8, 4) is 34.1 Å². The summed E-state index contributed by atoms with van der Waals surface area (Å²) in [7, 11) is 3.10. The number of nitrogens with zero attached hydrogens (tertiary/aromatic N) is 5. The molecule has 5 rings (SSSR count). The second-order valence-corrected chi connectivity index (χ2v) is 7.59. The molecule has 0 saturated carbocycles. The van der Waals surface area contributed by atoms with E-state index in [2.05, 4.69) is 15.2 Å². The van der Waals surface area contributed by atoms with Crippen molar-refractivity contribution in [2.75, 3.05) is 14.2 Å². The highest BCUT2D eigenvalue weighted by Crippen LogP contribution is 2.36. The molecule has 0 aliphatic carbocycles. The van der Waals surface area contributed by atoms with Crippen LogP contribution in [0, 0.1) is 0 Å². The summed E-state index contributed by atoms with van der Waals surface area (Å²) in [6.45, 7) is 0.107. The van der Waals surface area contributed by atoms with Gasteiger partial charge in [-0.3, -0.25) is 4.79 Å². The summed E-state index contributed by atoms with van der Waals surface area (Å²) < 4.78 is 19.2. The number of hydrogen-bond donors (Lipinski definition) is 0. The van der Waals surface area contributed by atoms with E-state index in [1.165, 1.54) is 4.57 Å². The van der Waals surface area contributed by atoms with Gasteiger partial charge in [-0.15, -0.1) is 0 Å². The maximum absolute atomic E-state index is 13.0. The van der Waals surface area contributed by atoms with E-state index in [0.717, 1.165) is 5.56 Å². The monoisotopic (exact) mass is 463 g/mol. The Morgan fingerprint density at radius 3 is 2.64 bits per heavy atom. The van der Waals surface area contributed by atoms with Gasteiger partial charge in [0.25, 0.3) is 5.56 Å². The molecule has 0 unspecified atom stereocenters. The van der Waals surface area contributed by atoms with E-state index in [1.807, 2.05) is 18.2 Å². The molecule has 9 nitrogen and oxygen atoms in total. The van der Waals surface area contributed by atoms with Crippen LogP contribution in [-0.2, 0) is 6.54 Å². The molecule has 0 fully saturated rings. The smallest absolute Gasteiger partial charge is 0.277 e. The average Bonchev–Trinajstić information content (AvgIpc) is 3.48. The van der Waals surface area contributed by atoms with Gasteiger partial charge in [-0.25, -0.2) is 4.52 Å². The zero-order chi connectivity index (χ0) is 22.9. The molecule has 0 saturated heterocycles. The van der Waals surface area contributed by atoms with E-state index in [-0.39, 0.29) is 18.0 Å². The van der Waals surface area contributed by atoms with E-state index in [4.69, 9.17) is 25.6 Å². The van der Waals surface area contributed by atoms with Crippen molar-refractivity contribution in [2.24, 2.45) is 0 Å². The van der Waals surface area contributed by atoms with Crippen LogP contribution in [0.15, 0.2) is 70.2 Å². The Bertz CT molecular complexity index is 1500. The van der Waals surface area contributed by atoms with Crippen molar-refractivity contribution in [1.29, 1.82) is 0 Å². The fraction of sp³-hybridized carbons (Fsp3) is 0.130. The minimum absolute atomic E-state index is 0.107. The Morgan fingerprint density at radius 1 is 1.06 bits per heavy atom. The van der Waals surface area contributed by atoms with Gasteiger partial charge < -0.3 is 18.6 Å². The molecule has 0 N–H and O–H groups in total. The number of ether oxygens (including phenoxy) is 2. The standard InChI is InChI=1S/C23H18ClN5O4/c1-31-19-5-3-4-16(21(19)32-2)22-25-20(33-27-22)13-28-10-11-29-18(23(28)30)12-17(26-29)14-6-8-15(24)9-7-14/h3-12H,13H2,1-2H3. The predicted octanol–water partition coefficient (Wildman–Crippen LogP) is 3.93. The summed E-state index contributed by atoms with van der Waals surface area (Å²) in [5, 5.41) is 9.16. The Balaban J connectivity index is 1.46. The lowest BCUT2D eigenvalue weighted by molar-refractivity contribution is 0.354. The molecule has 0 amide bonds. The highest BCUT2D eigenvalue weighted by Gasteiger charge is 2.18. The van der Waals surface area contributed by atoms with Gasteiger partial charge in [0.15, 0.2) is 11.5 Å². The summed E-state index contributed by atoms with van der Waals surface area (Å²) in [6.07, 6.45) is 3.34. The minimum atomic E-state index is -0.232. The Kier molecular flexibility index (Phi) is 5.31.